The van der Waals surface area contributed by atoms with Gasteiger partial charge in [0, 0.05) is 16.7 Å². The number of rotatable bonds is 0. The Bertz CT molecular complexity index is 1430. The Labute approximate surface area is 157 Å². The van der Waals surface area contributed by atoms with Crippen LogP contribution >= 0.6 is 0 Å². The van der Waals surface area contributed by atoms with Crippen molar-refractivity contribution in [1.29, 1.82) is 0 Å². The van der Waals surface area contributed by atoms with Crippen molar-refractivity contribution in [2.24, 2.45) is 0 Å². The lowest BCUT2D eigenvalue weighted by atomic mass is 10.0. The molecular weight excluding hydrogens is 326 g/mol. The SMILES string of the molecule is C=[n+]1ccc2c(ccc3ccccc32)c1=c1ccc(=C2C=CC=CC2)cc1. The van der Waals surface area contributed by atoms with Crippen LogP contribution in [-0.2, 0) is 0 Å². The molecule has 1 aliphatic rings. The van der Waals surface area contributed by atoms with Gasteiger partial charge < -0.3 is 0 Å². The summed E-state index contributed by atoms with van der Waals surface area (Å²) in [5.74, 6) is 0. The van der Waals surface area contributed by atoms with E-state index in [9.17, 15) is 0 Å². The van der Waals surface area contributed by atoms with Gasteiger partial charge in [-0.25, -0.2) is 0 Å². The van der Waals surface area contributed by atoms with Gasteiger partial charge in [-0.2, -0.15) is 4.24 Å². The molecule has 3 aromatic carbocycles. The zero-order valence-electron chi connectivity index (χ0n) is 15.1. The molecular formula is C26H20N+. The number of fused-ring (bicyclic) bond motifs is 3. The zero-order chi connectivity index (χ0) is 18.2. The molecule has 0 saturated carbocycles. The standard InChI is InChI=1S/C26H20N/c1-27-18-17-24-23-10-6-5-9-21(23)15-16-25(24)26(27)22-13-11-20(12-14-22)19-7-3-2-4-8-19/h2-7,9-18H,1,8H2/q+1. The van der Waals surface area contributed by atoms with Gasteiger partial charge in [-0.05, 0) is 46.2 Å². The van der Waals surface area contributed by atoms with Crippen molar-refractivity contribution in [1.82, 2.24) is 0 Å². The van der Waals surface area contributed by atoms with Crippen LogP contribution < -0.4 is 9.46 Å². The minimum atomic E-state index is 0.992. The van der Waals surface area contributed by atoms with Crippen LogP contribution in [0.2, 0.25) is 0 Å². The number of nitrogens with zero attached hydrogens (tertiary/aromatic N) is 1. The molecule has 1 aliphatic carbocycles. The summed E-state index contributed by atoms with van der Waals surface area (Å²) in [4.78, 5) is 0. The number of allylic oxidation sites excluding steroid dienone is 4. The molecule has 0 saturated heterocycles. The topological polar surface area (TPSA) is 5.90 Å². The van der Waals surface area contributed by atoms with Crippen molar-refractivity contribution in [3.63, 3.8) is 0 Å². The van der Waals surface area contributed by atoms with E-state index in [1.807, 2.05) is 4.24 Å². The molecule has 1 aromatic heterocycles. The smallest absolute Gasteiger partial charge is 0.173 e. The van der Waals surface area contributed by atoms with Crippen molar-refractivity contribution >= 4 is 27.1 Å². The van der Waals surface area contributed by atoms with E-state index in [1.54, 1.807) is 0 Å². The first-order valence-electron chi connectivity index (χ1n) is 9.28. The Hall–Kier alpha value is -3.45. The summed E-state index contributed by atoms with van der Waals surface area (Å²) in [5.41, 5.74) is 1.36. The molecule has 0 fully saturated rings. The zero-order valence-corrected chi connectivity index (χ0v) is 15.1. The molecule has 27 heavy (non-hydrogen) atoms. The van der Waals surface area contributed by atoms with Crippen LogP contribution in [0.4, 0.5) is 0 Å². The van der Waals surface area contributed by atoms with Gasteiger partial charge in [-0.1, -0.05) is 66.8 Å². The van der Waals surface area contributed by atoms with Crippen LogP contribution in [0, 0.1) is 17.3 Å². The second kappa shape index (κ2) is 6.37. The van der Waals surface area contributed by atoms with E-state index >= 15 is 0 Å². The van der Waals surface area contributed by atoms with Gasteiger partial charge in [-0.3, -0.25) is 0 Å². The van der Waals surface area contributed by atoms with E-state index in [-0.39, 0.29) is 0 Å². The average molecular weight is 346 g/mol. The molecule has 1 heteroatoms. The minimum absolute atomic E-state index is 0.992. The first-order chi connectivity index (χ1) is 13.3. The molecule has 0 amide bonds. The summed E-state index contributed by atoms with van der Waals surface area (Å²) >= 11 is 0. The molecule has 0 spiro atoms. The van der Waals surface area contributed by atoms with Gasteiger partial charge >= 0.3 is 0 Å². The average Bonchev–Trinajstić information content (AvgIpc) is 2.74. The third-order valence-corrected chi connectivity index (χ3v) is 5.35. The van der Waals surface area contributed by atoms with Crippen LogP contribution in [0.1, 0.15) is 6.42 Å². The maximum atomic E-state index is 4.23. The van der Waals surface area contributed by atoms with Gasteiger partial charge in [0.25, 0.3) is 0 Å². The maximum Gasteiger partial charge on any atom is 0.225 e. The summed E-state index contributed by atoms with van der Waals surface area (Å²) in [6.45, 7) is 4.23. The van der Waals surface area contributed by atoms with Crippen molar-refractivity contribution < 1.29 is 4.24 Å². The van der Waals surface area contributed by atoms with Crippen LogP contribution in [0.3, 0.4) is 0 Å². The molecule has 128 valence electrons. The van der Waals surface area contributed by atoms with E-state index in [0.29, 0.717) is 0 Å². The molecule has 0 N–H and O–H groups in total. The first kappa shape index (κ1) is 15.8. The summed E-state index contributed by atoms with van der Waals surface area (Å²) in [6.07, 6.45) is 11.6. The molecule has 0 bridgehead atoms. The highest BCUT2D eigenvalue weighted by molar-refractivity contribution is 6.06. The fraction of sp³-hybridized carbons (Fsp3) is 0.0385. The molecule has 1 nitrogen and oxygen atoms in total. The van der Waals surface area contributed by atoms with Crippen LogP contribution in [0.15, 0.2) is 97.2 Å². The van der Waals surface area contributed by atoms with Gasteiger partial charge in [-0.15, -0.1) is 0 Å². The van der Waals surface area contributed by atoms with Gasteiger partial charge in [0.15, 0.2) is 6.20 Å². The highest BCUT2D eigenvalue weighted by Crippen LogP contribution is 2.24. The highest BCUT2D eigenvalue weighted by Gasteiger charge is 2.07. The lowest BCUT2D eigenvalue weighted by Gasteiger charge is -2.03. The van der Waals surface area contributed by atoms with Crippen molar-refractivity contribution in [2.75, 3.05) is 0 Å². The van der Waals surface area contributed by atoms with E-state index in [2.05, 4.69) is 104 Å². The fourth-order valence-corrected chi connectivity index (χ4v) is 3.97. The van der Waals surface area contributed by atoms with Gasteiger partial charge in [0.2, 0.25) is 5.35 Å². The Morgan fingerprint density at radius 2 is 1.52 bits per heavy atom. The largest absolute Gasteiger partial charge is 0.225 e. The Morgan fingerprint density at radius 1 is 0.704 bits per heavy atom. The Morgan fingerprint density at radius 3 is 2.33 bits per heavy atom. The first-order valence-corrected chi connectivity index (χ1v) is 9.28. The second-order valence-electron chi connectivity index (χ2n) is 6.98. The molecule has 1 heterocycles. The lowest BCUT2D eigenvalue weighted by Crippen LogP contribution is -2.16. The molecule has 0 atom stereocenters. The van der Waals surface area contributed by atoms with Crippen molar-refractivity contribution in [3.05, 3.63) is 120 Å². The summed E-state index contributed by atoms with van der Waals surface area (Å²) in [7, 11) is 0. The van der Waals surface area contributed by atoms with Crippen LogP contribution in [-0.4, -0.2) is 0 Å². The van der Waals surface area contributed by atoms with Crippen molar-refractivity contribution in [2.45, 2.75) is 6.42 Å². The number of aromatic nitrogens is 1. The lowest BCUT2D eigenvalue weighted by molar-refractivity contribution is -0.508. The number of benzene rings is 3. The molecule has 0 radical (unpaired) electrons. The molecule has 0 unspecified atom stereocenters. The van der Waals surface area contributed by atoms with Gasteiger partial charge in [0.1, 0.15) is 6.72 Å². The Balaban J connectivity index is 1.88. The van der Waals surface area contributed by atoms with E-state index < -0.39 is 0 Å². The van der Waals surface area contributed by atoms with E-state index in [0.717, 1.165) is 11.8 Å². The number of pyridine rings is 1. The predicted octanol–water partition coefficient (Wildman–Crippen LogP) is 4.87. The fourth-order valence-electron chi connectivity index (χ4n) is 3.97. The van der Waals surface area contributed by atoms with Crippen LogP contribution in [0.5, 0.6) is 0 Å². The third kappa shape index (κ3) is 2.69. The second-order valence-corrected chi connectivity index (χ2v) is 6.98. The third-order valence-electron chi connectivity index (χ3n) is 5.35. The molecule has 4 aromatic rings. The summed E-state index contributed by atoms with van der Waals surface area (Å²) < 4.78 is 1.97. The monoisotopic (exact) mass is 346 g/mol. The summed E-state index contributed by atoms with van der Waals surface area (Å²) in [6, 6.07) is 24.0. The minimum Gasteiger partial charge on any atom is -0.173 e. The number of hydrogen-bond donors (Lipinski definition) is 0. The molecule has 5 rings (SSSR count). The highest BCUT2D eigenvalue weighted by atomic mass is 14.8. The summed E-state index contributed by atoms with van der Waals surface area (Å²) in [5, 5.41) is 8.65. The maximum absolute atomic E-state index is 4.23. The van der Waals surface area contributed by atoms with E-state index in [4.69, 9.17) is 0 Å². The number of hydrogen-bond acceptors (Lipinski definition) is 0. The van der Waals surface area contributed by atoms with Gasteiger partial charge in [0.05, 0.1) is 5.39 Å². The predicted molar refractivity (Wildman–Crippen MR) is 112 cm³/mol. The normalized spacial score (nSPS) is 13.6. The van der Waals surface area contributed by atoms with E-state index in [1.165, 1.54) is 37.6 Å². The quantitative estimate of drug-likeness (QED) is 0.316. The molecule has 0 aliphatic heterocycles. The van der Waals surface area contributed by atoms with Crippen LogP contribution in [0.25, 0.3) is 27.1 Å². The van der Waals surface area contributed by atoms with Crippen molar-refractivity contribution in [3.8, 4) is 0 Å². The Kier molecular flexibility index (Phi) is 3.72.